The molecule has 4 heteroatoms. The van der Waals surface area contributed by atoms with Crippen LogP contribution in [0.4, 0.5) is 5.82 Å². The summed E-state index contributed by atoms with van der Waals surface area (Å²) in [7, 11) is 0. The molecular weight excluding hydrogens is 308 g/mol. The zero-order valence-corrected chi connectivity index (χ0v) is 13.7. The molecule has 25 heavy (non-hydrogen) atoms. The number of hydrogen-bond acceptors (Lipinski definition) is 3. The van der Waals surface area contributed by atoms with Crippen molar-refractivity contribution in [3.63, 3.8) is 0 Å². The van der Waals surface area contributed by atoms with E-state index >= 15 is 0 Å². The fourth-order valence-electron chi connectivity index (χ4n) is 2.99. The monoisotopic (exact) mass is 326 g/mol. The number of nitrogens with two attached hydrogens (primary N) is 1. The molecule has 0 bridgehead atoms. The minimum Gasteiger partial charge on any atom is -0.383 e. The van der Waals surface area contributed by atoms with Crippen LogP contribution in [0.25, 0.3) is 16.8 Å². The molecule has 4 rings (SSSR count). The van der Waals surface area contributed by atoms with Crippen LogP contribution in [0.2, 0.25) is 0 Å². The van der Waals surface area contributed by atoms with Crippen LogP contribution in [-0.2, 0) is 6.42 Å². The van der Waals surface area contributed by atoms with E-state index in [2.05, 4.69) is 29.2 Å². The molecule has 0 unspecified atom stereocenters. The second kappa shape index (κ2) is 6.61. The van der Waals surface area contributed by atoms with E-state index in [0.29, 0.717) is 5.82 Å². The molecule has 0 aliphatic heterocycles. The third kappa shape index (κ3) is 3.02. The van der Waals surface area contributed by atoms with Gasteiger partial charge in [-0.05, 0) is 23.3 Å². The fourth-order valence-corrected chi connectivity index (χ4v) is 2.99. The number of aromatic nitrogens is 3. The van der Waals surface area contributed by atoms with E-state index in [1.165, 1.54) is 5.56 Å². The van der Waals surface area contributed by atoms with E-state index in [-0.39, 0.29) is 0 Å². The summed E-state index contributed by atoms with van der Waals surface area (Å²) in [6.45, 7) is 0. The SMILES string of the molecule is Nc1c(-c2ccccc2)c(Cc2ccccc2)nn1-c1cccnc1. The van der Waals surface area contributed by atoms with Gasteiger partial charge in [-0.15, -0.1) is 0 Å². The predicted octanol–water partition coefficient (Wildman–Crippen LogP) is 4.11. The first kappa shape index (κ1) is 15.1. The van der Waals surface area contributed by atoms with Gasteiger partial charge in [-0.2, -0.15) is 5.10 Å². The molecular formula is C21H18N4. The molecule has 0 saturated heterocycles. The Morgan fingerprint density at radius 3 is 2.24 bits per heavy atom. The molecule has 2 heterocycles. The molecule has 0 saturated carbocycles. The van der Waals surface area contributed by atoms with Crippen LogP contribution in [0.3, 0.4) is 0 Å². The molecule has 0 spiro atoms. The lowest BCUT2D eigenvalue weighted by Gasteiger charge is -2.05. The van der Waals surface area contributed by atoms with Crippen LogP contribution in [0, 0.1) is 0 Å². The van der Waals surface area contributed by atoms with Crippen molar-refractivity contribution in [3.05, 3.63) is 96.4 Å². The number of nitrogen functional groups attached to an aromatic ring is 1. The lowest BCUT2D eigenvalue weighted by molar-refractivity contribution is 0.851. The number of benzene rings is 2. The number of hydrogen-bond donors (Lipinski definition) is 1. The minimum atomic E-state index is 0.630. The van der Waals surface area contributed by atoms with Gasteiger partial charge in [-0.25, -0.2) is 4.68 Å². The summed E-state index contributed by atoms with van der Waals surface area (Å²) in [4.78, 5) is 4.18. The van der Waals surface area contributed by atoms with Crippen LogP contribution in [0.15, 0.2) is 85.2 Å². The first-order chi connectivity index (χ1) is 12.3. The number of nitrogens with zero attached hydrogens (tertiary/aromatic N) is 3. The third-order valence-electron chi connectivity index (χ3n) is 4.16. The van der Waals surface area contributed by atoms with Crippen molar-refractivity contribution >= 4 is 5.82 Å². The molecule has 0 radical (unpaired) electrons. The lowest BCUT2D eigenvalue weighted by atomic mass is 10.0. The Hall–Kier alpha value is -3.40. The van der Waals surface area contributed by atoms with Crippen molar-refractivity contribution < 1.29 is 0 Å². The summed E-state index contributed by atoms with van der Waals surface area (Å²) in [6.07, 6.45) is 4.24. The van der Waals surface area contributed by atoms with Crippen molar-refractivity contribution in [3.8, 4) is 16.8 Å². The van der Waals surface area contributed by atoms with Crippen molar-refractivity contribution in [1.82, 2.24) is 14.8 Å². The van der Waals surface area contributed by atoms with Crippen molar-refractivity contribution in [2.75, 3.05) is 5.73 Å². The zero-order valence-electron chi connectivity index (χ0n) is 13.7. The zero-order chi connectivity index (χ0) is 17.1. The second-order valence-electron chi connectivity index (χ2n) is 5.86. The number of anilines is 1. The van der Waals surface area contributed by atoms with Crippen LogP contribution in [-0.4, -0.2) is 14.8 Å². The molecule has 4 nitrogen and oxygen atoms in total. The Morgan fingerprint density at radius 1 is 0.840 bits per heavy atom. The predicted molar refractivity (Wildman–Crippen MR) is 100 cm³/mol. The molecule has 0 aliphatic rings. The van der Waals surface area contributed by atoms with Gasteiger partial charge in [0, 0.05) is 18.2 Å². The topological polar surface area (TPSA) is 56.7 Å². The van der Waals surface area contributed by atoms with Gasteiger partial charge < -0.3 is 5.73 Å². The first-order valence-electron chi connectivity index (χ1n) is 8.20. The second-order valence-corrected chi connectivity index (χ2v) is 5.86. The van der Waals surface area contributed by atoms with E-state index in [0.717, 1.165) is 28.9 Å². The summed E-state index contributed by atoms with van der Waals surface area (Å²) in [5.74, 6) is 0.630. The Labute approximate surface area is 146 Å². The highest BCUT2D eigenvalue weighted by Crippen LogP contribution is 2.32. The molecule has 2 aromatic heterocycles. The van der Waals surface area contributed by atoms with Crippen molar-refractivity contribution in [1.29, 1.82) is 0 Å². The molecule has 4 aromatic rings. The quantitative estimate of drug-likeness (QED) is 0.614. The summed E-state index contributed by atoms with van der Waals surface area (Å²) < 4.78 is 1.77. The Morgan fingerprint density at radius 2 is 1.56 bits per heavy atom. The Kier molecular flexibility index (Phi) is 4.01. The molecule has 0 amide bonds. The highest BCUT2D eigenvalue weighted by atomic mass is 15.3. The Balaban J connectivity index is 1.87. The van der Waals surface area contributed by atoms with E-state index in [9.17, 15) is 0 Å². The van der Waals surface area contributed by atoms with Gasteiger partial charge in [0.05, 0.1) is 17.6 Å². The van der Waals surface area contributed by atoms with Crippen LogP contribution >= 0.6 is 0 Å². The summed E-state index contributed by atoms with van der Waals surface area (Å²) in [6, 6.07) is 24.3. The van der Waals surface area contributed by atoms with Gasteiger partial charge in [-0.3, -0.25) is 4.98 Å². The standard InChI is InChI=1S/C21H18N4/c22-21-20(17-10-5-2-6-11-17)19(14-16-8-3-1-4-9-16)24-25(21)18-12-7-13-23-15-18/h1-13,15H,14,22H2. The maximum atomic E-state index is 6.49. The minimum absolute atomic E-state index is 0.630. The molecule has 0 aliphatic carbocycles. The third-order valence-corrected chi connectivity index (χ3v) is 4.16. The fraction of sp³-hybridized carbons (Fsp3) is 0.0476. The van der Waals surface area contributed by atoms with Gasteiger partial charge in [-0.1, -0.05) is 60.7 Å². The van der Waals surface area contributed by atoms with Gasteiger partial charge in [0.1, 0.15) is 5.82 Å². The number of pyridine rings is 1. The summed E-state index contributed by atoms with van der Waals surface area (Å²) >= 11 is 0. The van der Waals surface area contributed by atoms with Gasteiger partial charge in [0.15, 0.2) is 0 Å². The molecule has 122 valence electrons. The first-order valence-corrected chi connectivity index (χ1v) is 8.20. The summed E-state index contributed by atoms with van der Waals surface area (Å²) in [5.41, 5.74) is 11.6. The molecule has 0 fully saturated rings. The van der Waals surface area contributed by atoms with Crippen LogP contribution < -0.4 is 5.73 Å². The smallest absolute Gasteiger partial charge is 0.135 e. The van der Waals surface area contributed by atoms with E-state index in [1.54, 1.807) is 17.1 Å². The van der Waals surface area contributed by atoms with Crippen LogP contribution in [0.1, 0.15) is 11.3 Å². The van der Waals surface area contributed by atoms with Gasteiger partial charge in [0.25, 0.3) is 0 Å². The van der Waals surface area contributed by atoms with Crippen molar-refractivity contribution in [2.45, 2.75) is 6.42 Å². The molecule has 2 N–H and O–H groups in total. The Bertz CT molecular complexity index is 961. The largest absolute Gasteiger partial charge is 0.383 e. The molecule has 2 aromatic carbocycles. The molecule has 0 atom stereocenters. The maximum Gasteiger partial charge on any atom is 0.135 e. The average Bonchev–Trinajstić information content (AvgIpc) is 3.00. The van der Waals surface area contributed by atoms with Gasteiger partial charge >= 0.3 is 0 Å². The van der Waals surface area contributed by atoms with E-state index in [4.69, 9.17) is 10.8 Å². The van der Waals surface area contributed by atoms with Crippen LogP contribution in [0.5, 0.6) is 0 Å². The highest BCUT2D eigenvalue weighted by Gasteiger charge is 2.18. The average molecular weight is 326 g/mol. The normalized spacial score (nSPS) is 10.7. The number of rotatable bonds is 4. The lowest BCUT2D eigenvalue weighted by Crippen LogP contribution is -2.02. The highest BCUT2D eigenvalue weighted by molar-refractivity contribution is 5.78. The van der Waals surface area contributed by atoms with Gasteiger partial charge in [0.2, 0.25) is 0 Å². The van der Waals surface area contributed by atoms with E-state index < -0.39 is 0 Å². The summed E-state index contributed by atoms with van der Waals surface area (Å²) in [5, 5.41) is 4.80. The maximum absolute atomic E-state index is 6.49. The van der Waals surface area contributed by atoms with E-state index in [1.807, 2.05) is 48.5 Å². The van der Waals surface area contributed by atoms with Crippen molar-refractivity contribution in [2.24, 2.45) is 0 Å².